The Kier molecular flexibility index (Phi) is 5.67. The molecule has 0 bridgehead atoms. The van der Waals surface area contributed by atoms with E-state index in [9.17, 15) is 4.79 Å². The molecule has 2 aromatic rings. The molecule has 1 N–H and O–H groups in total. The third kappa shape index (κ3) is 4.38. The molecule has 2 atom stereocenters. The van der Waals surface area contributed by atoms with Gasteiger partial charge in [0.15, 0.2) is 0 Å². The lowest BCUT2D eigenvalue weighted by Gasteiger charge is -2.20. The van der Waals surface area contributed by atoms with Crippen LogP contribution in [-0.2, 0) is 4.79 Å². The molecule has 0 saturated carbocycles. The fourth-order valence-electron chi connectivity index (χ4n) is 2.39. The monoisotopic (exact) mass is 313 g/mol. The topological polar surface area (TPSA) is 29.1 Å². The van der Waals surface area contributed by atoms with Crippen LogP contribution in [0.1, 0.15) is 36.6 Å². The van der Waals surface area contributed by atoms with Crippen molar-refractivity contribution in [3.05, 3.63) is 65.2 Å². The highest BCUT2D eigenvalue weighted by molar-refractivity contribution is 8.00. The smallest absolute Gasteiger partial charge is 0.233 e. The van der Waals surface area contributed by atoms with Gasteiger partial charge in [-0.25, -0.2) is 0 Å². The third-order valence-corrected chi connectivity index (χ3v) is 4.80. The van der Waals surface area contributed by atoms with Crippen LogP contribution in [0.3, 0.4) is 0 Å². The van der Waals surface area contributed by atoms with Crippen LogP contribution in [0.4, 0.5) is 0 Å². The summed E-state index contributed by atoms with van der Waals surface area (Å²) in [5.41, 5.74) is 3.61. The van der Waals surface area contributed by atoms with E-state index in [0.717, 1.165) is 4.90 Å². The van der Waals surface area contributed by atoms with Gasteiger partial charge in [0.05, 0.1) is 11.3 Å². The number of hydrogen-bond acceptors (Lipinski definition) is 2. The maximum Gasteiger partial charge on any atom is 0.233 e. The standard InChI is InChI=1S/C19H23NOS/c1-13-10-11-14(2)18(12-13)15(3)20-19(21)16(4)22-17-8-6-5-7-9-17/h5-12,15-16H,1-4H3,(H,20,21)/t15-,16-/m0/s1. The number of thioether (sulfide) groups is 1. The summed E-state index contributed by atoms with van der Waals surface area (Å²) in [6, 6.07) is 16.4. The van der Waals surface area contributed by atoms with Crippen LogP contribution < -0.4 is 5.32 Å². The molecule has 2 nitrogen and oxygen atoms in total. The fraction of sp³-hybridized carbons (Fsp3) is 0.316. The summed E-state index contributed by atoms with van der Waals surface area (Å²) in [6.07, 6.45) is 0. The molecule has 116 valence electrons. The van der Waals surface area contributed by atoms with Crippen LogP contribution in [0.2, 0.25) is 0 Å². The van der Waals surface area contributed by atoms with E-state index in [-0.39, 0.29) is 17.2 Å². The maximum absolute atomic E-state index is 12.4. The van der Waals surface area contributed by atoms with Crippen LogP contribution in [0.5, 0.6) is 0 Å². The van der Waals surface area contributed by atoms with Crippen LogP contribution in [-0.4, -0.2) is 11.2 Å². The van der Waals surface area contributed by atoms with Crippen molar-refractivity contribution in [3.63, 3.8) is 0 Å². The first kappa shape index (κ1) is 16.6. The number of rotatable bonds is 5. The molecule has 1 amide bonds. The Hall–Kier alpha value is -1.74. The van der Waals surface area contributed by atoms with Gasteiger partial charge in [-0.1, -0.05) is 42.0 Å². The molecular formula is C19H23NOS. The summed E-state index contributed by atoms with van der Waals surface area (Å²) in [7, 11) is 0. The third-order valence-electron chi connectivity index (χ3n) is 3.69. The summed E-state index contributed by atoms with van der Waals surface area (Å²) < 4.78 is 0. The van der Waals surface area contributed by atoms with Gasteiger partial charge < -0.3 is 5.32 Å². The van der Waals surface area contributed by atoms with Crippen molar-refractivity contribution >= 4 is 17.7 Å². The van der Waals surface area contributed by atoms with Gasteiger partial charge in [0.1, 0.15) is 0 Å². The summed E-state index contributed by atoms with van der Waals surface area (Å²) in [4.78, 5) is 13.5. The Bertz CT molecular complexity index is 639. The molecule has 0 aromatic heterocycles. The van der Waals surface area contributed by atoms with Gasteiger partial charge in [-0.05, 0) is 51.0 Å². The van der Waals surface area contributed by atoms with Gasteiger partial charge in [-0.15, -0.1) is 11.8 Å². The summed E-state index contributed by atoms with van der Waals surface area (Å²) in [5, 5.41) is 3.01. The predicted octanol–water partition coefficient (Wildman–Crippen LogP) is 4.66. The van der Waals surface area contributed by atoms with Crippen LogP contribution >= 0.6 is 11.8 Å². The molecule has 2 aromatic carbocycles. The first-order chi connectivity index (χ1) is 10.5. The van der Waals surface area contributed by atoms with Gasteiger partial charge in [-0.3, -0.25) is 4.79 Å². The zero-order valence-corrected chi connectivity index (χ0v) is 14.4. The fourth-order valence-corrected chi connectivity index (χ4v) is 3.29. The van der Waals surface area contributed by atoms with E-state index < -0.39 is 0 Å². The molecule has 0 spiro atoms. The Morgan fingerprint density at radius 1 is 1.05 bits per heavy atom. The second kappa shape index (κ2) is 7.50. The van der Waals surface area contributed by atoms with Gasteiger partial charge >= 0.3 is 0 Å². The first-order valence-corrected chi connectivity index (χ1v) is 8.44. The van der Waals surface area contributed by atoms with Gasteiger partial charge in [0, 0.05) is 4.90 Å². The molecule has 2 rings (SSSR count). The quantitative estimate of drug-likeness (QED) is 0.813. The maximum atomic E-state index is 12.4. The molecule has 0 fully saturated rings. The average Bonchev–Trinajstić information content (AvgIpc) is 2.50. The van der Waals surface area contributed by atoms with Crippen molar-refractivity contribution in [1.29, 1.82) is 0 Å². The van der Waals surface area contributed by atoms with Gasteiger partial charge in [0.2, 0.25) is 5.91 Å². The average molecular weight is 313 g/mol. The second-order valence-electron chi connectivity index (χ2n) is 5.66. The normalized spacial score (nSPS) is 13.5. The Balaban J connectivity index is 2.00. The summed E-state index contributed by atoms with van der Waals surface area (Å²) in [5.74, 6) is 0.0715. The first-order valence-electron chi connectivity index (χ1n) is 7.56. The minimum absolute atomic E-state index is 0.0197. The van der Waals surface area contributed by atoms with Crippen molar-refractivity contribution in [3.8, 4) is 0 Å². The van der Waals surface area contributed by atoms with Crippen molar-refractivity contribution in [2.45, 2.75) is 43.9 Å². The molecule has 22 heavy (non-hydrogen) atoms. The van der Waals surface area contributed by atoms with Gasteiger partial charge in [0.25, 0.3) is 0 Å². The van der Waals surface area contributed by atoms with Crippen molar-refractivity contribution in [2.75, 3.05) is 0 Å². The lowest BCUT2D eigenvalue weighted by Crippen LogP contribution is -2.33. The molecule has 0 saturated heterocycles. The number of carbonyl (C=O) groups is 1. The van der Waals surface area contributed by atoms with E-state index in [4.69, 9.17) is 0 Å². The van der Waals surface area contributed by atoms with Crippen molar-refractivity contribution in [2.24, 2.45) is 0 Å². The molecule has 0 aliphatic rings. The molecule has 3 heteroatoms. The number of nitrogens with one attached hydrogen (secondary N) is 1. The molecule has 0 radical (unpaired) electrons. The molecule has 0 aliphatic carbocycles. The number of aryl methyl sites for hydroxylation is 2. The zero-order valence-electron chi connectivity index (χ0n) is 13.6. The van der Waals surface area contributed by atoms with E-state index in [0.29, 0.717) is 0 Å². The zero-order chi connectivity index (χ0) is 16.1. The Labute approximate surface area is 137 Å². The van der Waals surface area contributed by atoms with Gasteiger partial charge in [-0.2, -0.15) is 0 Å². The van der Waals surface area contributed by atoms with E-state index in [1.807, 2.05) is 44.2 Å². The van der Waals surface area contributed by atoms with Crippen LogP contribution in [0.25, 0.3) is 0 Å². The number of benzene rings is 2. The minimum atomic E-state index is -0.116. The second-order valence-corrected chi connectivity index (χ2v) is 7.08. The largest absolute Gasteiger partial charge is 0.349 e. The lowest BCUT2D eigenvalue weighted by atomic mass is 10.00. The van der Waals surface area contributed by atoms with Crippen LogP contribution in [0.15, 0.2) is 53.4 Å². The van der Waals surface area contributed by atoms with E-state index in [1.54, 1.807) is 11.8 Å². The van der Waals surface area contributed by atoms with E-state index in [1.165, 1.54) is 16.7 Å². The number of hydrogen-bond donors (Lipinski definition) is 1. The van der Waals surface area contributed by atoms with E-state index >= 15 is 0 Å². The highest BCUT2D eigenvalue weighted by Crippen LogP contribution is 2.24. The number of carbonyl (C=O) groups excluding carboxylic acids is 1. The summed E-state index contributed by atoms with van der Waals surface area (Å²) in [6.45, 7) is 8.15. The number of amides is 1. The molecule has 0 unspecified atom stereocenters. The van der Waals surface area contributed by atoms with Crippen molar-refractivity contribution in [1.82, 2.24) is 5.32 Å². The summed E-state index contributed by atoms with van der Waals surface area (Å²) >= 11 is 1.58. The van der Waals surface area contributed by atoms with E-state index in [2.05, 4.69) is 37.4 Å². The van der Waals surface area contributed by atoms with Crippen LogP contribution in [0, 0.1) is 13.8 Å². The highest BCUT2D eigenvalue weighted by atomic mass is 32.2. The molecular weight excluding hydrogens is 290 g/mol. The Morgan fingerprint density at radius 2 is 1.73 bits per heavy atom. The highest BCUT2D eigenvalue weighted by Gasteiger charge is 2.18. The predicted molar refractivity (Wildman–Crippen MR) is 94.2 cm³/mol. The minimum Gasteiger partial charge on any atom is -0.349 e. The Morgan fingerprint density at radius 3 is 2.41 bits per heavy atom. The lowest BCUT2D eigenvalue weighted by molar-refractivity contribution is -0.120. The molecule has 0 aliphatic heterocycles. The van der Waals surface area contributed by atoms with Crippen molar-refractivity contribution < 1.29 is 4.79 Å². The molecule has 0 heterocycles. The SMILES string of the molecule is Cc1ccc(C)c([C@H](C)NC(=O)[C@H](C)Sc2ccccc2)c1.